The molecule has 0 aromatic carbocycles. The lowest BCUT2D eigenvalue weighted by atomic mass is 10.2. The number of alkyl carbamates (subject to hydrolysis) is 1. The van der Waals surface area contributed by atoms with E-state index in [1.54, 1.807) is 11.4 Å². The van der Waals surface area contributed by atoms with Gasteiger partial charge < -0.3 is 10.1 Å². The Labute approximate surface area is 79.5 Å². The first-order valence-electron chi connectivity index (χ1n) is 3.61. The van der Waals surface area contributed by atoms with E-state index in [-0.39, 0.29) is 12.3 Å². The predicted octanol–water partition coefficient (Wildman–Crippen LogP) is 1.29. The Balaban J connectivity index is 2.39. The van der Waals surface area contributed by atoms with E-state index in [9.17, 15) is 9.59 Å². The number of carbonyl (C=O) groups is 2. The molecule has 0 bridgehead atoms. The molecule has 13 heavy (non-hydrogen) atoms. The van der Waals surface area contributed by atoms with E-state index in [0.717, 1.165) is 0 Å². The quantitative estimate of drug-likeness (QED) is 0.746. The van der Waals surface area contributed by atoms with Gasteiger partial charge in [-0.1, -0.05) is 0 Å². The van der Waals surface area contributed by atoms with Crippen LogP contribution in [0, 0.1) is 0 Å². The van der Waals surface area contributed by atoms with Crippen LogP contribution in [0.3, 0.4) is 0 Å². The first kappa shape index (κ1) is 9.73. The van der Waals surface area contributed by atoms with Gasteiger partial charge in [-0.15, -0.1) is 0 Å². The summed E-state index contributed by atoms with van der Waals surface area (Å²) in [5.41, 5.74) is 0.612. The van der Waals surface area contributed by atoms with Crippen molar-refractivity contribution in [2.75, 3.05) is 13.7 Å². The summed E-state index contributed by atoms with van der Waals surface area (Å²) in [7, 11) is 1.25. The van der Waals surface area contributed by atoms with Crippen LogP contribution in [0.2, 0.25) is 0 Å². The Morgan fingerprint density at radius 2 is 2.38 bits per heavy atom. The van der Waals surface area contributed by atoms with E-state index in [1.165, 1.54) is 18.4 Å². The number of hydrogen-bond acceptors (Lipinski definition) is 4. The van der Waals surface area contributed by atoms with Gasteiger partial charge in [-0.05, 0) is 11.4 Å². The molecule has 1 amide bonds. The smallest absolute Gasteiger partial charge is 0.407 e. The average molecular weight is 199 g/mol. The molecule has 0 aliphatic rings. The van der Waals surface area contributed by atoms with Crippen molar-refractivity contribution < 1.29 is 14.3 Å². The highest BCUT2D eigenvalue weighted by molar-refractivity contribution is 7.08. The third-order valence-corrected chi connectivity index (χ3v) is 2.11. The third-order valence-electron chi connectivity index (χ3n) is 1.42. The van der Waals surface area contributed by atoms with Crippen molar-refractivity contribution >= 4 is 23.2 Å². The molecular formula is C8H9NO3S. The molecular weight excluding hydrogens is 190 g/mol. The number of carbonyl (C=O) groups excluding carboxylic acids is 2. The van der Waals surface area contributed by atoms with E-state index in [0.29, 0.717) is 5.56 Å². The van der Waals surface area contributed by atoms with Crippen molar-refractivity contribution in [1.29, 1.82) is 0 Å². The molecule has 0 saturated carbocycles. The lowest BCUT2D eigenvalue weighted by molar-refractivity contribution is 0.0984. The van der Waals surface area contributed by atoms with Gasteiger partial charge in [0.15, 0.2) is 5.78 Å². The summed E-state index contributed by atoms with van der Waals surface area (Å²) in [5.74, 6) is -0.119. The SMILES string of the molecule is COC(=O)NCC(=O)c1ccsc1. The summed E-state index contributed by atoms with van der Waals surface area (Å²) in [4.78, 5) is 21.9. The van der Waals surface area contributed by atoms with Crippen molar-refractivity contribution in [3.63, 3.8) is 0 Å². The van der Waals surface area contributed by atoms with Crippen molar-refractivity contribution in [1.82, 2.24) is 5.32 Å². The van der Waals surface area contributed by atoms with Gasteiger partial charge in [0, 0.05) is 10.9 Å². The van der Waals surface area contributed by atoms with E-state index in [4.69, 9.17) is 0 Å². The van der Waals surface area contributed by atoms with E-state index < -0.39 is 6.09 Å². The number of methoxy groups -OCH3 is 1. The highest BCUT2D eigenvalue weighted by Gasteiger charge is 2.07. The average Bonchev–Trinajstić information content (AvgIpc) is 2.66. The molecule has 1 aromatic rings. The highest BCUT2D eigenvalue weighted by Crippen LogP contribution is 2.05. The minimum Gasteiger partial charge on any atom is -0.453 e. The highest BCUT2D eigenvalue weighted by atomic mass is 32.1. The molecule has 0 unspecified atom stereocenters. The maximum Gasteiger partial charge on any atom is 0.407 e. The maximum absolute atomic E-state index is 11.3. The van der Waals surface area contributed by atoms with Crippen molar-refractivity contribution in [2.45, 2.75) is 0 Å². The van der Waals surface area contributed by atoms with Gasteiger partial charge in [-0.3, -0.25) is 4.79 Å². The molecule has 1 heterocycles. The van der Waals surface area contributed by atoms with Crippen LogP contribution in [0.4, 0.5) is 4.79 Å². The van der Waals surface area contributed by atoms with Gasteiger partial charge in [0.05, 0.1) is 13.7 Å². The normalized spacial score (nSPS) is 9.31. The van der Waals surface area contributed by atoms with Crippen molar-refractivity contribution in [2.24, 2.45) is 0 Å². The predicted molar refractivity (Wildman–Crippen MR) is 49.1 cm³/mol. The van der Waals surface area contributed by atoms with Gasteiger partial charge >= 0.3 is 6.09 Å². The van der Waals surface area contributed by atoms with E-state index in [2.05, 4.69) is 10.1 Å². The van der Waals surface area contributed by atoms with Gasteiger partial charge in [0.1, 0.15) is 0 Å². The van der Waals surface area contributed by atoms with Crippen molar-refractivity contribution in [3.05, 3.63) is 22.4 Å². The molecule has 0 saturated heterocycles. The Bertz CT molecular complexity index is 294. The maximum atomic E-state index is 11.3. The zero-order valence-electron chi connectivity index (χ0n) is 7.07. The standard InChI is InChI=1S/C8H9NO3S/c1-12-8(11)9-4-7(10)6-2-3-13-5-6/h2-3,5H,4H2,1H3,(H,9,11). The molecule has 0 spiro atoms. The summed E-state index contributed by atoms with van der Waals surface area (Å²) in [6.45, 7) is -0.0244. The molecule has 0 atom stereocenters. The molecule has 70 valence electrons. The summed E-state index contributed by atoms with van der Waals surface area (Å²) in [6.07, 6.45) is -0.594. The van der Waals surface area contributed by atoms with Gasteiger partial charge in [-0.25, -0.2) is 4.79 Å². The first-order chi connectivity index (χ1) is 6.24. The van der Waals surface area contributed by atoms with Crippen LogP contribution in [-0.2, 0) is 4.74 Å². The number of thiophene rings is 1. The lowest BCUT2D eigenvalue weighted by Gasteiger charge is -2.00. The second kappa shape index (κ2) is 4.61. The Morgan fingerprint density at radius 3 is 2.92 bits per heavy atom. The second-order valence-electron chi connectivity index (χ2n) is 2.28. The van der Waals surface area contributed by atoms with Crippen LogP contribution in [0.5, 0.6) is 0 Å². The van der Waals surface area contributed by atoms with Gasteiger partial charge in [0.2, 0.25) is 0 Å². The fourth-order valence-corrected chi connectivity index (χ4v) is 1.41. The van der Waals surface area contributed by atoms with Crippen LogP contribution in [-0.4, -0.2) is 25.5 Å². The van der Waals surface area contributed by atoms with Crippen LogP contribution in [0.1, 0.15) is 10.4 Å². The number of Topliss-reactive ketones (excluding diaryl/α,β-unsaturated/α-hetero) is 1. The molecule has 1 aromatic heterocycles. The molecule has 0 aliphatic carbocycles. The number of nitrogens with one attached hydrogen (secondary N) is 1. The molecule has 0 radical (unpaired) electrons. The topological polar surface area (TPSA) is 55.4 Å². The Hall–Kier alpha value is -1.36. The van der Waals surface area contributed by atoms with Crippen LogP contribution < -0.4 is 5.32 Å². The fourth-order valence-electron chi connectivity index (χ4n) is 0.750. The molecule has 1 rings (SSSR count). The number of amides is 1. The minimum atomic E-state index is -0.594. The van der Waals surface area contributed by atoms with Gasteiger partial charge in [0.25, 0.3) is 0 Å². The van der Waals surface area contributed by atoms with E-state index >= 15 is 0 Å². The lowest BCUT2D eigenvalue weighted by Crippen LogP contribution is -2.29. The zero-order chi connectivity index (χ0) is 9.68. The molecule has 0 aliphatic heterocycles. The number of hydrogen-bond donors (Lipinski definition) is 1. The van der Waals surface area contributed by atoms with Crippen LogP contribution in [0.15, 0.2) is 16.8 Å². The Morgan fingerprint density at radius 1 is 1.62 bits per heavy atom. The van der Waals surface area contributed by atoms with Crippen molar-refractivity contribution in [3.8, 4) is 0 Å². The minimum absolute atomic E-state index is 0.0244. The number of ketones is 1. The summed E-state index contributed by atoms with van der Waals surface area (Å²) in [6, 6.07) is 1.71. The fraction of sp³-hybridized carbons (Fsp3) is 0.250. The molecule has 5 heteroatoms. The number of rotatable bonds is 3. The monoisotopic (exact) mass is 199 g/mol. The largest absolute Gasteiger partial charge is 0.453 e. The summed E-state index contributed by atoms with van der Waals surface area (Å²) >= 11 is 1.44. The second-order valence-corrected chi connectivity index (χ2v) is 3.06. The number of ether oxygens (including phenoxy) is 1. The molecule has 4 nitrogen and oxygen atoms in total. The summed E-state index contributed by atoms with van der Waals surface area (Å²) < 4.78 is 4.32. The van der Waals surface area contributed by atoms with E-state index in [1.807, 2.05) is 5.38 Å². The van der Waals surface area contributed by atoms with Crippen LogP contribution >= 0.6 is 11.3 Å². The van der Waals surface area contributed by atoms with Crippen LogP contribution in [0.25, 0.3) is 0 Å². The Kier molecular flexibility index (Phi) is 3.45. The molecule has 1 N–H and O–H groups in total. The molecule has 0 fully saturated rings. The zero-order valence-corrected chi connectivity index (χ0v) is 7.89. The summed E-state index contributed by atoms with van der Waals surface area (Å²) in [5, 5.41) is 5.86. The third kappa shape index (κ3) is 2.87. The first-order valence-corrected chi connectivity index (χ1v) is 4.55. The van der Waals surface area contributed by atoms with Gasteiger partial charge in [-0.2, -0.15) is 11.3 Å².